The first-order valence-corrected chi connectivity index (χ1v) is 7.09. The monoisotopic (exact) mass is 231 g/mol. The molecule has 0 spiro atoms. The van der Waals surface area contributed by atoms with Crippen molar-refractivity contribution in [3.05, 3.63) is 29.8 Å². The lowest BCUT2D eigenvalue weighted by Gasteiger charge is -2.24. The van der Waals surface area contributed by atoms with Crippen LogP contribution in [0.2, 0.25) is 0 Å². The molecule has 0 heterocycles. The van der Waals surface area contributed by atoms with E-state index in [0.29, 0.717) is 6.04 Å². The molecule has 0 radical (unpaired) electrons. The highest BCUT2D eigenvalue weighted by molar-refractivity contribution is 5.45. The Kier molecular flexibility index (Phi) is 4.47. The summed E-state index contributed by atoms with van der Waals surface area (Å²) >= 11 is 0. The molecule has 0 saturated heterocycles. The fourth-order valence-corrected chi connectivity index (χ4v) is 2.69. The van der Waals surface area contributed by atoms with Gasteiger partial charge in [0.05, 0.1) is 0 Å². The van der Waals surface area contributed by atoms with Crippen molar-refractivity contribution in [3.63, 3.8) is 0 Å². The van der Waals surface area contributed by atoms with Gasteiger partial charge in [-0.15, -0.1) is 0 Å². The smallest absolute Gasteiger partial charge is 0.0342 e. The van der Waals surface area contributed by atoms with Crippen molar-refractivity contribution < 1.29 is 0 Å². The number of hydrogen-bond donors (Lipinski definition) is 1. The minimum atomic E-state index is 0.708. The summed E-state index contributed by atoms with van der Waals surface area (Å²) in [6.07, 6.45) is 8.07. The maximum Gasteiger partial charge on any atom is 0.0342 e. The predicted octanol–water partition coefficient (Wildman–Crippen LogP) is 4.63. The topological polar surface area (TPSA) is 12.0 Å². The van der Waals surface area contributed by atoms with E-state index >= 15 is 0 Å². The van der Waals surface area contributed by atoms with Gasteiger partial charge in [-0.25, -0.2) is 0 Å². The van der Waals surface area contributed by atoms with E-state index in [-0.39, 0.29) is 0 Å². The molecule has 0 unspecified atom stereocenters. The van der Waals surface area contributed by atoms with Crippen molar-refractivity contribution in [1.82, 2.24) is 0 Å². The molecule has 1 N–H and O–H groups in total. The average Bonchev–Trinajstić information content (AvgIpc) is 2.32. The van der Waals surface area contributed by atoms with Crippen LogP contribution in [-0.4, -0.2) is 6.04 Å². The standard InChI is InChI=1S/C16H25N/c1-13(2)12-14-8-10-16(11-9-14)17-15-6-4-3-5-7-15/h8-11,13,15,17H,3-7,12H2,1-2H3. The van der Waals surface area contributed by atoms with E-state index in [1.165, 1.54) is 49.8 Å². The molecule has 0 aliphatic heterocycles. The van der Waals surface area contributed by atoms with E-state index in [0.717, 1.165) is 5.92 Å². The van der Waals surface area contributed by atoms with E-state index < -0.39 is 0 Å². The molecule has 94 valence electrons. The summed E-state index contributed by atoms with van der Waals surface area (Å²) in [4.78, 5) is 0. The van der Waals surface area contributed by atoms with Crippen molar-refractivity contribution >= 4 is 5.69 Å². The minimum Gasteiger partial charge on any atom is -0.382 e. The third-order valence-corrected chi connectivity index (χ3v) is 3.57. The molecule has 2 rings (SSSR count). The Bertz CT molecular complexity index is 320. The Labute approximate surface area is 106 Å². The van der Waals surface area contributed by atoms with Gasteiger partial charge in [0.1, 0.15) is 0 Å². The molecule has 0 bridgehead atoms. The lowest BCUT2D eigenvalue weighted by Crippen LogP contribution is -2.22. The summed E-state index contributed by atoms with van der Waals surface area (Å²) in [6, 6.07) is 9.73. The van der Waals surface area contributed by atoms with E-state index in [2.05, 4.69) is 43.4 Å². The first-order valence-electron chi connectivity index (χ1n) is 7.09. The third kappa shape index (κ3) is 4.07. The number of rotatable bonds is 4. The van der Waals surface area contributed by atoms with Crippen LogP contribution in [-0.2, 0) is 6.42 Å². The van der Waals surface area contributed by atoms with Crippen LogP contribution in [0.4, 0.5) is 5.69 Å². The second kappa shape index (κ2) is 6.09. The van der Waals surface area contributed by atoms with E-state index in [1.807, 2.05) is 0 Å². The fourth-order valence-electron chi connectivity index (χ4n) is 2.69. The summed E-state index contributed by atoms with van der Waals surface area (Å²) in [5.74, 6) is 0.743. The van der Waals surface area contributed by atoms with Gasteiger partial charge < -0.3 is 5.32 Å². The molecule has 1 heteroatoms. The Hall–Kier alpha value is -0.980. The summed E-state index contributed by atoms with van der Waals surface area (Å²) in [6.45, 7) is 4.54. The van der Waals surface area contributed by atoms with Crippen LogP contribution in [0.5, 0.6) is 0 Å². The van der Waals surface area contributed by atoms with Gasteiger partial charge in [0.25, 0.3) is 0 Å². The SMILES string of the molecule is CC(C)Cc1ccc(NC2CCCCC2)cc1. The van der Waals surface area contributed by atoms with Crippen LogP contribution < -0.4 is 5.32 Å². The summed E-state index contributed by atoms with van der Waals surface area (Å²) in [7, 11) is 0. The fraction of sp³-hybridized carbons (Fsp3) is 0.625. The van der Waals surface area contributed by atoms with Crippen LogP contribution >= 0.6 is 0 Å². The Morgan fingerprint density at radius 3 is 2.29 bits per heavy atom. The average molecular weight is 231 g/mol. The van der Waals surface area contributed by atoms with Crippen molar-refractivity contribution in [2.45, 2.75) is 58.4 Å². The maximum absolute atomic E-state index is 3.66. The van der Waals surface area contributed by atoms with Crippen molar-refractivity contribution in [2.24, 2.45) is 5.92 Å². The van der Waals surface area contributed by atoms with E-state index in [1.54, 1.807) is 0 Å². The molecular formula is C16H25N. The lowest BCUT2D eigenvalue weighted by molar-refractivity contribution is 0.463. The normalized spacial score (nSPS) is 17.4. The molecule has 1 aromatic carbocycles. The van der Waals surface area contributed by atoms with Gasteiger partial charge in [0.15, 0.2) is 0 Å². The second-order valence-corrected chi connectivity index (χ2v) is 5.77. The highest BCUT2D eigenvalue weighted by Gasteiger charge is 2.12. The first-order chi connectivity index (χ1) is 8.24. The lowest BCUT2D eigenvalue weighted by atomic mass is 9.95. The number of hydrogen-bond acceptors (Lipinski definition) is 1. The molecular weight excluding hydrogens is 206 g/mol. The molecule has 1 saturated carbocycles. The summed E-state index contributed by atoms with van der Waals surface area (Å²) in [5, 5.41) is 3.66. The molecule has 1 nitrogen and oxygen atoms in total. The minimum absolute atomic E-state index is 0.708. The molecule has 17 heavy (non-hydrogen) atoms. The number of nitrogens with one attached hydrogen (secondary N) is 1. The second-order valence-electron chi connectivity index (χ2n) is 5.77. The molecule has 1 fully saturated rings. The van der Waals surface area contributed by atoms with Gasteiger partial charge in [-0.05, 0) is 42.9 Å². The van der Waals surface area contributed by atoms with Crippen molar-refractivity contribution in [3.8, 4) is 0 Å². The zero-order valence-corrected chi connectivity index (χ0v) is 11.2. The van der Waals surface area contributed by atoms with Crippen LogP contribution in [0.3, 0.4) is 0 Å². The largest absolute Gasteiger partial charge is 0.382 e. The van der Waals surface area contributed by atoms with Gasteiger partial charge in [0, 0.05) is 11.7 Å². The Balaban J connectivity index is 1.88. The molecule has 0 atom stereocenters. The number of anilines is 1. The Morgan fingerprint density at radius 2 is 1.71 bits per heavy atom. The van der Waals surface area contributed by atoms with Gasteiger partial charge in [0.2, 0.25) is 0 Å². The van der Waals surface area contributed by atoms with Gasteiger partial charge in [-0.2, -0.15) is 0 Å². The van der Waals surface area contributed by atoms with Gasteiger partial charge >= 0.3 is 0 Å². The highest BCUT2D eigenvalue weighted by atomic mass is 14.9. The predicted molar refractivity (Wildman–Crippen MR) is 75.5 cm³/mol. The molecule has 1 aliphatic carbocycles. The molecule has 1 aliphatic rings. The first kappa shape index (κ1) is 12.5. The zero-order valence-electron chi connectivity index (χ0n) is 11.2. The van der Waals surface area contributed by atoms with Crippen LogP contribution in [0.1, 0.15) is 51.5 Å². The van der Waals surface area contributed by atoms with Gasteiger partial charge in [-0.1, -0.05) is 45.2 Å². The molecule has 0 aromatic heterocycles. The Morgan fingerprint density at radius 1 is 1.06 bits per heavy atom. The quantitative estimate of drug-likeness (QED) is 0.796. The summed E-state index contributed by atoms with van der Waals surface area (Å²) in [5.41, 5.74) is 2.75. The van der Waals surface area contributed by atoms with Crippen molar-refractivity contribution in [1.29, 1.82) is 0 Å². The van der Waals surface area contributed by atoms with E-state index in [4.69, 9.17) is 0 Å². The van der Waals surface area contributed by atoms with Gasteiger partial charge in [-0.3, -0.25) is 0 Å². The van der Waals surface area contributed by atoms with Crippen LogP contribution in [0.25, 0.3) is 0 Å². The third-order valence-electron chi connectivity index (χ3n) is 3.57. The maximum atomic E-state index is 3.66. The highest BCUT2D eigenvalue weighted by Crippen LogP contribution is 2.22. The van der Waals surface area contributed by atoms with E-state index in [9.17, 15) is 0 Å². The van der Waals surface area contributed by atoms with Crippen LogP contribution in [0.15, 0.2) is 24.3 Å². The van der Waals surface area contributed by atoms with Crippen molar-refractivity contribution in [2.75, 3.05) is 5.32 Å². The summed E-state index contributed by atoms with van der Waals surface area (Å²) < 4.78 is 0. The van der Waals surface area contributed by atoms with Crippen LogP contribution in [0, 0.1) is 5.92 Å². The zero-order chi connectivity index (χ0) is 12.1. The number of benzene rings is 1. The molecule has 1 aromatic rings. The molecule has 0 amide bonds.